The van der Waals surface area contributed by atoms with E-state index in [2.05, 4.69) is 20.5 Å². The van der Waals surface area contributed by atoms with Crippen LogP contribution < -0.4 is 5.32 Å². The van der Waals surface area contributed by atoms with Crippen LogP contribution in [0.4, 0.5) is 0 Å². The first-order valence-electron chi connectivity index (χ1n) is 3.91. The van der Waals surface area contributed by atoms with Gasteiger partial charge in [0, 0.05) is 0 Å². The van der Waals surface area contributed by atoms with Gasteiger partial charge in [-0.1, -0.05) is 0 Å². The zero-order valence-electron chi connectivity index (χ0n) is 7.41. The second-order valence-corrected chi connectivity index (χ2v) is 3.37. The van der Waals surface area contributed by atoms with Crippen molar-refractivity contribution in [1.82, 2.24) is 20.5 Å². The predicted molar refractivity (Wildman–Crippen MR) is 48.3 cm³/mol. The van der Waals surface area contributed by atoms with Crippen molar-refractivity contribution in [3.8, 4) is 0 Å². The Kier molecular flexibility index (Phi) is 3.25. The molecule has 2 atom stereocenters. The van der Waals surface area contributed by atoms with Crippen LogP contribution in [0, 0.1) is 0 Å². The number of aromatic amines is 1. The summed E-state index contributed by atoms with van der Waals surface area (Å²) >= 11 is 5.58. The average Bonchev–Trinajstić information content (AvgIpc) is 2.55. The van der Waals surface area contributed by atoms with Crippen molar-refractivity contribution < 1.29 is 4.79 Å². The van der Waals surface area contributed by atoms with E-state index in [1.165, 1.54) is 6.33 Å². The molecule has 0 spiro atoms. The van der Waals surface area contributed by atoms with Gasteiger partial charge >= 0.3 is 0 Å². The number of alkyl halides is 1. The molecule has 0 saturated carbocycles. The zero-order valence-corrected chi connectivity index (χ0v) is 8.17. The third-order valence-electron chi connectivity index (χ3n) is 1.56. The first kappa shape index (κ1) is 9.98. The number of nitrogens with zero attached hydrogens (tertiary/aromatic N) is 2. The Morgan fingerprint density at radius 2 is 2.38 bits per heavy atom. The Morgan fingerprint density at radius 3 is 2.85 bits per heavy atom. The third-order valence-corrected chi connectivity index (χ3v) is 1.76. The molecule has 2 unspecified atom stereocenters. The lowest BCUT2D eigenvalue weighted by molar-refractivity contribution is -0.121. The largest absolute Gasteiger partial charge is 0.345 e. The maximum absolute atomic E-state index is 11.1. The molecule has 1 aromatic rings. The number of halogens is 1. The van der Waals surface area contributed by atoms with Crippen molar-refractivity contribution in [1.29, 1.82) is 0 Å². The Labute approximate surface area is 80.9 Å². The normalized spacial score (nSPS) is 15.0. The topological polar surface area (TPSA) is 70.7 Å². The van der Waals surface area contributed by atoms with E-state index in [9.17, 15) is 4.79 Å². The fourth-order valence-electron chi connectivity index (χ4n) is 0.820. The van der Waals surface area contributed by atoms with Gasteiger partial charge in [0.2, 0.25) is 5.91 Å². The number of amides is 1. The number of carbonyl (C=O) groups excluding carboxylic acids is 1. The van der Waals surface area contributed by atoms with Gasteiger partial charge in [0.05, 0.1) is 6.04 Å². The summed E-state index contributed by atoms with van der Waals surface area (Å²) < 4.78 is 0. The van der Waals surface area contributed by atoms with Crippen LogP contribution in [0.2, 0.25) is 0 Å². The molecule has 13 heavy (non-hydrogen) atoms. The Morgan fingerprint density at radius 1 is 1.69 bits per heavy atom. The molecule has 0 aliphatic carbocycles. The van der Waals surface area contributed by atoms with E-state index in [0.717, 1.165) is 0 Å². The van der Waals surface area contributed by atoms with Gasteiger partial charge in [-0.25, -0.2) is 4.98 Å². The SMILES string of the molecule is CC(Cl)C(=O)NC(C)c1ncn[nH]1. The van der Waals surface area contributed by atoms with Crippen molar-refractivity contribution in [3.05, 3.63) is 12.2 Å². The van der Waals surface area contributed by atoms with Crippen LogP contribution in [-0.2, 0) is 4.79 Å². The first-order valence-corrected chi connectivity index (χ1v) is 4.34. The van der Waals surface area contributed by atoms with Crippen molar-refractivity contribution >= 4 is 17.5 Å². The van der Waals surface area contributed by atoms with Crippen molar-refractivity contribution in [2.45, 2.75) is 25.3 Å². The molecule has 0 bridgehead atoms. The van der Waals surface area contributed by atoms with Crippen LogP contribution in [0.1, 0.15) is 25.7 Å². The second-order valence-electron chi connectivity index (χ2n) is 2.72. The Bertz CT molecular complexity index is 272. The smallest absolute Gasteiger partial charge is 0.238 e. The minimum Gasteiger partial charge on any atom is -0.345 e. The fraction of sp³-hybridized carbons (Fsp3) is 0.571. The molecule has 6 heteroatoms. The highest BCUT2D eigenvalue weighted by atomic mass is 35.5. The Hall–Kier alpha value is -1.10. The first-order chi connectivity index (χ1) is 6.11. The van der Waals surface area contributed by atoms with Gasteiger partial charge in [-0.05, 0) is 13.8 Å². The van der Waals surface area contributed by atoms with Gasteiger partial charge in [-0.15, -0.1) is 11.6 Å². The van der Waals surface area contributed by atoms with Gasteiger partial charge in [-0.3, -0.25) is 9.89 Å². The number of nitrogens with one attached hydrogen (secondary N) is 2. The third kappa shape index (κ3) is 2.69. The molecule has 72 valence electrons. The van der Waals surface area contributed by atoms with E-state index in [-0.39, 0.29) is 11.9 Å². The van der Waals surface area contributed by atoms with Crippen LogP contribution in [0.15, 0.2) is 6.33 Å². The molecule has 1 amide bonds. The zero-order chi connectivity index (χ0) is 9.84. The lowest BCUT2D eigenvalue weighted by atomic mass is 10.3. The number of rotatable bonds is 3. The second kappa shape index (κ2) is 4.23. The van der Waals surface area contributed by atoms with E-state index in [4.69, 9.17) is 11.6 Å². The average molecular weight is 203 g/mol. The quantitative estimate of drug-likeness (QED) is 0.706. The highest BCUT2D eigenvalue weighted by Gasteiger charge is 2.14. The number of H-pyrrole nitrogens is 1. The molecule has 0 radical (unpaired) electrons. The van der Waals surface area contributed by atoms with Crippen molar-refractivity contribution in [2.24, 2.45) is 0 Å². The molecule has 0 aliphatic rings. The van der Waals surface area contributed by atoms with Gasteiger partial charge in [0.15, 0.2) is 0 Å². The van der Waals surface area contributed by atoms with Crippen LogP contribution in [0.25, 0.3) is 0 Å². The predicted octanol–water partition coefficient (Wildman–Crippen LogP) is 0.609. The lowest BCUT2D eigenvalue weighted by Crippen LogP contribution is -2.32. The van der Waals surface area contributed by atoms with Crippen molar-refractivity contribution in [2.75, 3.05) is 0 Å². The van der Waals surface area contributed by atoms with Gasteiger partial charge < -0.3 is 5.32 Å². The molecule has 1 rings (SSSR count). The van der Waals surface area contributed by atoms with E-state index in [1.807, 2.05) is 0 Å². The summed E-state index contributed by atoms with van der Waals surface area (Å²) in [5.74, 6) is 0.399. The fourth-order valence-corrected chi connectivity index (χ4v) is 0.883. The van der Waals surface area contributed by atoms with Crippen LogP contribution in [-0.4, -0.2) is 26.5 Å². The molecule has 0 aliphatic heterocycles. The van der Waals surface area contributed by atoms with Gasteiger partial charge in [-0.2, -0.15) is 5.10 Å². The standard InChI is InChI=1S/C7H11ClN4O/c1-4(8)7(13)11-5(2)6-9-3-10-12-6/h3-5H,1-2H3,(H,11,13)(H,9,10,12). The molecule has 0 saturated heterocycles. The minimum atomic E-state index is -0.537. The van der Waals surface area contributed by atoms with Gasteiger partial charge in [0.25, 0.3) is 0 Å². The summed E-state index contributed by atoms with van der Waals surface area (Å²) in [6.07, 6.45) is 1.39. The number of hydrogen-bond acceptors (Lipinski definition) is 3. The van der Waals surface area contributed by atoms with Crippen LogP contribution in [0.3, 0.4) is 0 Å². The summed E-state index contributed by atoms with van der Waals surface area (Å²) in [6.45, 7) is 3.42. The molecule has 0 fully saturated rings. The Balaban J connectivity index is 2.51. The summed E-state index contributed by atoms with van der Waals surface area (Å²) in [6, 6.07) is -0.198. The number of hydrogen-bond donors (Lipinski definition) is 2. The van der Waals surface area contributed by atoms with Gasteiger partial charge in [0.1, 0.15) is 17.5 Å². The summed E-state index contributed by atoms with van der Waals surface area (Å²) in [4.78, 5) is 15.0. The summed E-state index contributed by atoms with van der Waals surface area (Å²) in [5, 5.41) is 8.48. The summed E-state index contributed by atoms with van der Waals surface area (Å²) in [5.41, 5.74) is 0. The maximum atomic E-state index is 11.1. The lowest BCUT2D eigenvalue weighted by Gasteiger charge is -2.11. The van der Waals surface area contributed by atoms with E-state index in [0.29, 0.717) is 5.82 Å². The monoisotopic (exact) mass is 202 g/mol. The van der Waals surface area contributed by atoms with Crippen LogP contribution in [0.5, 0.6) is 0 Å². The minimum absolute atomic E-state index is 0.198. The highest BCUT2D eigenvalue weighted by Crippen LogP contribution is 2.05. The van der Waals surface area contributed by atoms with E-state index in [1.54, 1.807) is 13.8 Å². The number of aromatic nitrogens is 3. The van der Waals surface area contributed by atoms with Crippen molar-refractivity contribution in [3.63, 3.8) is 0 Å². The molecule has 1 aromatic heterocycles. The summed E-state index contributed by atoms with van der Waals surface area (Å²) in [7, 11) is 0. The molecule has 1 heterocycles. The van der Waals surface area contributed by atoms with E-state index < -0.39 is 5.38 Å². The van der Waals surface area contributed by atoms with E-state index >= 15 is 0 Å². The highest BCUT2D eigenvalue weighted by molar-refractivity contribution is 6.30. The molecule has 0 aromatic carbocycles. The molecular formula is C7H11ClN4O. The molecule has 5 nitrogen and oxygen atoms in total. The number of carbonyl (C=O) groups is 1. The molecular weight excluding hydrogens is 192 g/mol. The van der Waals surface area contributed by atoms with Crippen LogP contribution >= 0.6 is 11.6 Å². The molecule has 2 N–H and O–H groups in total. The maximum Gasteiger partial charge on any atom is 0.238 e.